The number of anilines is 1. The second-order valence-electron chi connectivity index (χ2n) is 5.35. The summed E-state index contributed by atoms with van der Waals surface area (Å²) in [6.45, 7) is 2.16. The van der Waals surface area contributed by atoms with Gasteiger partial charge in [-0.15, -0.1) is 0 Å². The molecule has 1 heterocycles. The van der Waals surface area contributed by atoms with Gasteiger partial charge in [-0.1, -0.05) is 12.1 Å². The molecule has 4 nitrogen and oxygen atoms in total. The van der Waals surface area contributed by atoms with Crippen molar-refractivity contribution < 1.29 is 4.79 Å². The van der Waals surface area contributed by atoms with Crippen LogP contribution in [0.15, 0.2) is 24.3 Å². The van der Waals surface area contributed by atoms with Crippen LogP contribution in [0.3, 0.4) is 0 Å². The minimum Gasteiger partial charge on any atom is -0.381 e. The smallest absolute Gasteiger partial charge is 0.226 e. The Morgan fingerprint density at radius 1 is 1.37 bits per heavy atom. The largest absolute Gasteiger partial charge is 0.381 e. The number of likely N-dealkylation sites (N-methyl/N-ethyl adjacent to an activating group) is 1. The van der Waals surface area contributed by atoms with Crippen LogP contribution in [0.1, 0.15) is 18.4 Å². The molecule has 1 atom stereocenters. The lowest BCUT2D eigenvalue weighted by atomic mass is 10.1. The molecule has 104 valence electrons. The number of carbonyl (C=O) groups excluding carboxylic acids is 1. The van der Waals surface area contributed by atoms with E-state index in [1.807, 2.05) is 12.1 Å². The summed E-state index contributed by atoms with van der Waals surface area (Å²) < 4.78 is 0. The molecule has 1 saturated heterocycles. The van der Waals surface area contributed by atoms with E-state index in [1.54, 1.807) is 19.0 Å². The predicted molar refractivity (Wildman–Crippen MR) is 78.4 cm³/mol. The molecular weight excluding hydrogens is 238 g/mol. The van der Waals surface area contributed by atoms with Crippen molar-refractivity contribution in [3.63, 3.8) is 0 Å². The van der Waals surface area contributed by atoms with Crippen LogP contribution >= 0.6 is 0 Å². The number of piperidine rings is 1. The molecule has 0 aliphatic carbocycles. The van der Waals surface area contributed by atoms with Crippen LogP contribution in [-0.4, -0.2) is 44.0 Å². The highest BCUT2D eigenvalue weighted by atomic mass is 16.2. The molecule has 0 spiro atoms. The summed E-state index contributed by atoms with van der Waals surface area (Å²) in [6, 6.07) is 8.70. The highest BCUT2D eigenvalue weighted by Gasteiger charge is 2.12. The molecule has 0 aromatic heterocycles. The molecule has 0 bridgehead atoms. The standard InChI is InChI=1S/C15H23N3O/c1-18(2)15(19)10-12-5-7-13(8-6-12)17-14-4-3-9-16-11-14/h5-8,14,16-17H,3-4,9-11H2,1-2H3. The minimum absolute atomic E-state index is 0.136. The highest BCUT2D eigenvalue weighted by Crippen LogP contribution is 2.14. The third-order valence-electron chi connectivity index (χ3n) is 3.48. The molecule has 0 saturated carbocycles. The van der Waals surface area contributed by atoms with Crippen molar-refractivity contribution >= 4 is 11.6 Å². The zero-order chi connectivity index (χ0) is 13.7. The van der Waals surface area contributed by atoms with Gasteiger partial charge in [-0.25, -0.2) is 0 Å². The number of benzene rings is 1. The van der Waals surface area contributed by atoms with E-state index in [4.69, 9.17) is 0 Å². The number of nitrogens with zero attached hydrogens (tertiary/aromatic N) is 1. The van der Waals surface area contributed by atoms with E-state index in [2.05, 4.69) is 22.8 Å². The van der Waals surface area contributed by atoms with E-state index >= 15 is 0 Å². The van der Waals surface area contributed by atoms with Gasteiger partial charge in [-0.05, 0) is 37.1 Å². The molecular formula is C15H23N3O. The molecule has 4 heteroatoms. The molecule has 0 radical (unpaired) electrons. The summed E-state index contributed by atoms with van der Waals surface area (Å²) in [7, 11) is 3.57. The predicted octanol–water partition coefficient (Wildman–Crippen LogP) is 1.48. The minimum atomic E-state index is 0.136. The van der Waals surface area contributed by atoms with E-state index in [-0.39, 0.29) is 5.91 Å². The highest BCUT2D eigenvalue weighted by molar-refractivity contribution is 5.78. The average molecular weight is 261 g/mol. The fraction of sp³-hybridized carbons (Fsp3) is 0.533. The lowest BCUT2D eigenvalue weighted by molar-refractivity contribution is -0.127. The van der Waals surface area contributed by atoms with Gasteiger partial charge in [0.25, 0.3) is 0 Å². The SMILES string of the molecule is CN(C)C(=O)Cc1ccc(NC2CCCNC2)cc1. The summed E-state index contributed by atoms with van der Waals surface area (Å²) in [6.07, 6.45) is 2.92. The first kappa shape index (κ1) is 13.9. The lowest BCUT2D eigenvalue weighted by Gasteiger charge is -2.24. The van der Waals surface area contributed by atoms with Crippen LogP contribution in [0.4, 0.5) is 5.69 Å². The maximum absolute atomic E-state index is 11.6. The molecule has 1 aliphatic rings. The van der Waals surface area contributed by atoms with Crippen molar-refractivity contribution in [3.8, 4) is 0 Å². The average Bonchev–Trinajstić information content (AvgIpc) is 2.42. The van der Waals surface area contributed by atoms with Gasteiger partial charge in [-0.2, -0.15) is 0 Å². The molecule has 1 aromatic rings. The molecule has 1 aliphatic heterocycles. The Balaban J connectivity index is 1.88. The van der Waals surface area contributed by atoms with Crippen LogP contribution in [0, 0.1) is 0 Å². The van der Waals surface area contributed by atoms with Crippen LogP contribution < -0.4 is 10.6 Å². The number of rotatable bonds is 4. The van der Waals surface area contributed by atoms with Crippen molar-refractivity contribution in [2.75, 3.05) is 32.5 Å². The molecule has 1 unspecified atom stereocenters. The van der Waals surface area contributed by atoms with Gasteiger partial charge in [0.15, 0.2) is 0 Å². The maximum atomic E-state index is 11.6. The Morgan fingerprint density at radius 3 is 2.68 bits per heavy atom. The van der Waals surface area contributed by atoms with Crippen LogP contribution in [0.25, 0.3) is 0 Å². The number of nitrogens with one attached hydrogen (secondary N) is 2. The molecule has 2 rings (SSSR count). The van der Waals surface area contributed by atoms with E-state index in [9.17, 15) is 4.79 Å². The molecule has 1 fully saturated rings. The van der Waals surface area contributed by atoms with E-state index < -0.39 is 0 Å². The number of hydrogen-bond donors (Lipinski definition) is 2. The van der Waals surface area contributed by atoms with Crippen molar-refractivity contribution in [2.24, 2.45) is 0 Å². The Labute approximate surface area is 115 Å². The lowest BCUT2D eigenvalue weighted by Crippen LogP contribution is -2.38. The molecule has 1 amide bonds. The van der Waals surface area contributed by atoms with Gasteiger partial charge >= 0.3 is 0 Å². The third kappa shape index (κ3) is 4.24. The van der Waals surface area contributed by atoms with Gasteiger partial charge in [0.05, 0.1) is 6.42 Å². The fourth-order valence-electron chi connectivity index (χ4n) is 2.26. The van der Waals surface area contributed by atoms with E-state index in [0.29, 0.717) is 12.5 Å². The quantitative estimate of drug-likeness (QED) is 0.863. The normalized spacial score (nSPS) is 18.9. The Hall–Kier alpha value is -1.55. The van der Waals surface area contributed by atoms with Gasteiger partial charge in [0.1, 0.15) is 0 Å². The number of hydrogen-bond acceptors (Lipinski definition) is 3. The summed E-state index contributed by atoms with van der Waals surface area (Å²) in [4.78, 5) is 13.2. The first-order valence-corrected chi connectivity index (χ1v) is 6.91. The molecule has 1 aromatic carbocycles. The topological polar surface area (TPSA) is 44.4 Å². The Morgan fingerprint density at radius 2 is 2.11 bits per heavy atom. The van der Waals surface area contributed by atoms with Gasteiger partial charge in [0.2, 0.25) is 5.91 Å². The maximum Gasteiger partial charge on any atom is 0.226 e. The molecule has 19 heavy (non-hydrogen) atoms. The Kier molecular flexibility index (Phi) is 4.80. The zero-order valence-corrected chi connectivity index (χ0v) is 11.8. The Bertz CT molecular complexity index is 408. The zero-order valence-electron chi connectivity index (χ0n) is 11.8. The fourth-order valence-corrected chi connectivity index (χ4v) is 2.26. The summed E-state index contributed by atoms with van der Waals surface area (Å²) >= 11 is 0. The third-order valence-corrected chi connectivity index (χ3v) is 3.48. The van der Waals surface area contributed by atoms with Crippen molar-refractivity contribution in [1.29, 1.82) is 0 Å². The second kappa shape index (κ2) is 6.57. The first-order valence-electron chi connectivity index (χ1n) is 6.91. The van der Waals surface area contributed by atoms with Crippen LogP contribution in [0.5, 0.6) is 0 Å². The van der Waals surface area contributed by atoms with E-state index in [0.717, 1.165) is 24.3 Å². The number of carbonyl (C=O) groups is 1. The summed E-state index contributed by atoms with van der Waals surface area (Å²) in [5.41, 5.74) is 2.20. The van der Waals surface area contributed by atoms with Crippen molar-refractivity contribution in [1.82, 2.24) is 10.2 Å². The first-order chi connectivity index (χ1) is 9.15. The number of amides is 1. The summed E-state index contributed by atoms with van der Waals surface area (Å²) in [5.74, 6) is 0.136. The van der Waals surface area contributed by atoms with E-state index in [1.165, 1.54) is 12.8 Å². The second-order valence-corrected chi connectivity index (χ2v) is 5.35. The van der Waals surface area contributed by atoms with Gasteiger partial charge in [0, 0.05) is 32.4 Å². The monoisotopic (exact) mass is 261 g/mol. The van der Waals surface area contributed by atoms with Gasteiger partial charge < -0.3 is 15.5 Å². The molecule has 2 N–H and O–H groups in total. The van der Waals surface area contributed by atoms with Gasteiger partial charge in [-0.3, -0.25) is 4.79 Å². The summed E-state index contributed by atoms with van der Waals surface area (Å²) in [5, 5.41) is 6.92. The van der Waals surface area contributed by atoms with Crippen molar-refractivity contribution in [2.45, 2.75) is 25.3 Å². The van der Waals surface area contributed by atoms with Crippen LogP contribution in [0.2, 0.25) is 0 Å². The van der Waals surface area contributed by atoms with Crippen LogP contribution in [-0.2, 0) is 11.2 Å². The van der Waals surface area contributed by atoms with Crippen molar-refractivity contribution in [3.05, 3.63) is 29.8 Å².